The normalized spacial score (nSPS) is 10.0. The summed E-state index contributed by atoms with van der Waals surface area (Å²) in [6, 6.07) is 11.0. The van der Waals surface area contributed by atoms with Crippen molar-refractivity contribution >= 4 is 59.6 Å². The van der Waals surface area contributed by atoms with Gasteiger partial charge in [0.15, 0.2) is 0 Å². The molecule has 0 spiro atoms. The second kappa shape index (κ2) is 13.7. The highest BCUT2D eigenvalue weighted by atomic mass is 35.5. The molecule has 2 rings (SSSR count). The molecule has 146 valence electrons. The Bertz CT molecular complexity index is 670. The lowest BCUT2D eigenvalue weighted by Gasteiger charge is -2.14. The van der Waals surface area contributed by atoms with E-state index in [9.17, 15) is 0 Å². The van der Waals surface area contributed by atoms with Crippen molar-refractivity contribution in [1.82, 2.24) is 10.6 Å². The fourth-order valence-electron chi connectivity index (χ4n) is 2.23. The summed E-state index contributed by atoms with van der Waals surface area (Å²) in [6.07, 6.45) is 1.06. The van der Waals surface area contributed by atoms with Crippen LogP contribution in [0.3, 0.4) is 0 Å². The third-order valence-electron chi connectivity index (χ3n) is 3.52. The van der Waals surface area contributed by atoms with Gasteiger partial charge in [-0.25, -0.2) is 0 Å². The summed E-state index contributed by atoms with van der Waals surface area (Å²) in [5.74, 6) is 0.798. The molecule has 0 amide bonds. The predicted octanol–water partition coefficient (Wildman–Crippen LogP) is 5.77. The molecule has 3 nitrogen and oxygen atoms in total. The standard InChI is InChI=1S/C18H21Cl3N2O.2ClH/c1-22-7-2-8-23-11-14-9-15(19)5-6-18(14)24-12-13-3-4-16(20)10-17(13)21;;/h3-6,9-10,22-23H,2,7-8,11-12H2,1H3;2*1H. The van der Waals surface area contributed by atoms with Crippen molar-refractivity contribution in [1.29, 1.82) is 0 Å². The van der Waals surface area contributed by atoms with E-state index in [1.165, 1.54) is 0 Å². The molecular formula is C18H23Cl5N2O. The fraction of sp³-hybridized carbons (Fsp3) is 0.333. The Morgan fingerprint density at radius 2 is 1.58 bits per heavy atom. The van der Waals surface area contributed by atoms with Gasteiger partial charge in [0.25, 0.3) is 0 Å². The summed E-state index contributed by atoms with van der Waals surface area (Å²) in [7, 11) is 1.95. The summed E-state index contributed by atoms with van der Waals surface area (Å²) in [5.41, 5.74) is 1.92. The third kappa shape index (κ3) is 8.53. The first-order valence-electron chi connectivity index (χ1n) is 7.80. The average molecular weight is 461 g/mol. The maximum absolute atomic E-state index is 6.19. The molecule has 0 unspecified atom stereocenters. The molecule has 2 N–H and O–H groups in total. The van der Waals surface area contributed by atoms with Gasteiger partial charge in [-0.15, -0.1) is 24.8 Å². The Labute approximate surface area is 182 Å². The number of hydrogen-bond acceptors (Lipinski definition) is 3. The monoisotopic (exact) mass is 458 g/mol. The molecular weight excluding hydrogens is 437 g/mol. The minimum Gasteiger partial charge on any atom is -0.489 e. The van der Waals surface area contributed by atoms with Crippen LogP contribution in [0, 0.1) is 0 Å². The second-order valence-electron chi connectivity index (χ2n) is 5.41. The molecule has 0 aliphatic carbocycles. The maximum atomic E-state index is 6.19. The number of hydrogen-bond donors (Lipinski definition) is 2. The van der Waals surface area contributed by atoms with Crippen molar-refractivity contribution < 1.29 is 4.74 Å². The zero-order chi connectivity index (χ0) is 17.4. The van der Waals surface area contributed by atoms with Crippen molar-refractivity contribution in [2.45, 2.75) is 19.6 Å². The molecule has 0 atom stereocenters. The van der Waals surface area contributed by atoms with E-state index < -0.39 is 0 Å². The Morgan fingerprint density at radius 1 is 0.885 bits per heavy atom. The van der Waals surface area contributed by atoms with E-state index in [4.69, 9.17) is 39.5 Å². The van der Waals surface area contributed by atoms with E-state index in [0.717, 1.165) is 36.4 Å². The smallest absolute Gasteiger partial charge is 0.124 e. The molecule has 8 heteroatoms. The average Bonchev–Trinajstić information content (AvgIpc) is 2.55. The van der Waals surface area contributed by atoms with E-state index in [2.05, 4.69) is 10.6 Å². The molecule has 2 aromatic rings. The molecule has 0 aliphatic heterocycles. The molecule has 0 saturated heterocycles. The predicted molar refractivity (Wildman–Crippen MR) is 117 cm³/mol. The summed E-state index contributed by atoms with van der Waals surface area (Å²) >= 11 is 18.2. The quantitative estimate of drug-likeness (QED) is 0.466. The summed E-state index contributed by atoms with van der Waals surface area (Å²) in [6.45, 7) is 3.00. The third-order valence-corrected chi connectivity index (χ3v) is 4.34. The number of rotatable bonds is 9. The first-order chi connectivity index (χ1) is 11.6. The molecule has 0 radical (unpaired) electrons. The Morgan fingerprint density at radius 3 is 2.27 bits per heavy atom. The van der Waals surface area contributed by atoms with Crippen LogP contribution >= 0.6 is 59.6 Å². The van der Waals surface area contributed by atoms with Crippen LogP contribution in [0.1, 0.15) is 17.5 Å². The number of ether oxygens (including phenoxy) is 1. The van der Waals surface area contributed by atoms with Crippen LogP contribution in [0.25, 0.3) is 0 Å². The highest BCUT2D eigenvalue weighted by molar-refractivity contribution is 6.35. The van der Waals surface area contributed by atoms with Crippen molar-refractivity contribution in [3.63, 3.8) is 0 Å². The van der Waals surface area contributed by atoms with Gasteiger partial charge < -0.3 is 15.4 Å². The van der Waals surface area contributed by atoms with Crippen molar-refractivity contribution in [3.8, 4) is 5.75 Å². The van der Waals surface area contributed by atoms with E-state index in [1.54, 1.807) is 12.1 Å². The van der Waals surface area contributed by atoms with Crippen molar-refractivity contribution in [3.05, 3.63) is 62.6 Å². The van der Waals surface area contributed by atoms with Crippen LogP contribution < -0.4 is 15.4 Å². The summed E-state index contributed by atoms with van der Waals surface area (Å²) in [4.78, 5) is 0. The number of benzene rings is 2. The largest absolute Gasteiger partial charge is 0.489 e. The Balaban J connectivity index is 0.00000312. The topological polar surface area (TPSA) is 33.3 Å². The molecule has 0 aromatic heterocycles. The first-order valence-corrected chi connectivity index (χ1v) is 8.94. The van der Waals surface area contributed by atoms with Gasteiger partial charge in [-0.2, -0.15) is 0 Å². The van der Waals surface area contributed by atoms with Crippen LogP contribution in [0.2, 0.25) is 15.1 Å². The van der Waals surface area contributed by atoms with Gasteiger partial charge in [0, 0.05) is 32.7 Å². The molecule has 0 heterocycles. The van der Waals surface area contributed by atoms with Crippen LogP contribution in [0.5, 0.6) is 5.75 Å². The summed E-state index contributed by atoms with van der Waals surface area (Å²) in [5, 5.41) is 8.43. The van der Waals surface area contributed by atoms with Crippen molar-refractivity contribution in [2.24, 2.45) is 0 Å². The van der Waals surface area contributed by atoms with E-state index in [-0.39, 0.29) is 24.8 Å². The van der Waals surface area contributed by atoms with Gasteiger partial charge in [-0.3, -0.25) is 0 Å². The summed E-state index contributed by atoms with van der Waals surface area (Å²) < 4.78 is 5.94. The van der Waals surface area contributed by atoms with Crippen LogP contribution in [0.15, 0.2) is 36.4 Å². The van der Waals surface area contributed by atoms with Crippen LogP contribution in [-0.4, -0.2) is 20.1 Å². The Hall–Kier alpha value is -0.390. The lowest BCUT2D eigenvalue weighted by molar-refractivity contribution is 0.302. The highest BCUT2D eigenvalue weighted by Crippen LogP contribution is 2.26. The SMILES string of the molecule is CNCCCNCc1cc(Cl)ccc1OCc1ccc(Cl)cc1Cl.Cl.Cl. The fourth-order valence-corrected chi connectivity index (χ4v) is 2.89. The maximum Gasteiger partial charge on any atom is 0.124 e. The molecule has 26 heavy (non-hydrogen) atoms. The zero-order valence-corrected chi connectivity index (χ0v) is 18.3. The highest BCUT2D eigenvalue weighted by Gasteiger charge is 2.07. The van der Waals surface area contributed by atoms with Crippen LogP contribution in [0.4, 0.5) is 0 Å². The van der Waals surface area contributed by atoms with Crippen LogP contribution in [-0.2, 0) is 13.2 Å². The number of nitrogens with one attached hydrogen (secondary N) is 2. The Kier molecular flexibility index (Phi) is 13.5. The molecule has 0 bridgehead atoms. The van der Waals surface area contributed by atoms with Crippen molar-refractivity contribution in [2.75, 3.05) is 20.1 Å². The molecule has 0 saturated carbocycles. The molecule has 2 aromatic carbocycles. The van der Waals surface area contributed by atoms with E-state index in [0.29, 0.717) is 28.2 Å². The van der Waals surface area contributed by atoms with Gasteiger partial charge >= 0.3 is 0 Å². The van der Waals surface area contributed by atoms with Gasteiger partial charge in [-0.1, -0.05) is 40.9 Å². The van der Waals surface area contributed by atoms with E-state index >= 15 is 0 Å². The minimum atomic E-state index is 0. The molecule has 0 fully saturated rings. The minimum absolute atomic E-state index is 0. The lowest BCUT2D eigenvalue weighted by atomic mass is 10.2. The lowest BCUT2D eigenvalue weighted by Crippen LogP contribution is -2.19. The van der Waals surface area contributed by atoms with Gasteiger partial charge in [0.05, 0.1) is 0 Å². The van der Waals surface area contributed by atoms with Gasteiger partial charge in [-0.05, 0) is 56.9 Å². The molecule has 0 aliphatic rings. The second-order valence-corrected chi connectivity index (χ2v) is 6.69. The van der Waals surface area contributed by atoms with Gasteiger partial charge in [0.2, 0.25) is 0 Å². The van der Waals surface area contributed by atoms with E-state index in [1.807, 2.05) is 31.3 Å². The zero-order valence-electron chi connectivity index (χ0n) is 14.4. The first kappa shape index (κ1) is 25.6. The van der Waals surface area contributed by atoms with Gasteiger partial charge in [0.1, 0.15) is 12.4 Å². The number of halogens is 5.